The Morgan fingerprint density at radius 1 is 1.07 bits per heavy atom. The van der Waals surface area contributed by atoms with Crippen LogP contribution in [0.25, 0.3) is 10.8 Å². The number of methoxy groups -OCH3 is 1. The van der Waals surface area contributed by atoms with E-state index in [0.29, 0.717) is 18.7 Å². The van der Waals surface area contributed by atoms with Crippen molar-refractivity contribution in [1.29, 1.82) is 0 Å². The van der Waals surface area contributed by atoms with Crippen molar-refractivity contribution in [3.8, 4) is 5.75 Å². The van der Waals surface area contributed by atoms with Crippen LogP contribution in [-0.2, 0) is 27.1 Å². The van der Waals surface area contributed by atoms with Crippen molar-refractivity contribution >= 4 is 38.5 Å². The second kappa shape index (κ2) is 12.0. The van der Waals surface area contributed by atoms with Gasteiger partial charge in [-0.2, -0.15) is 16.1 Å². The van der Waals surface area contributed by atoms with Crippen LogP contribution in [0, 0.1) is 6.92 Å². The highest BCUT2D eigenvalue weighted by Crippen LogP contribution is 2.35. The fourth-order valence-corrected chi connectivity index (χ4v) is 7.99. The summed E-state index contributed by atoms with van der Waals surface area (Å²) < 4.78 is 41.6. The third kappa shape index (κ3) is 5.86. The van der Waals surface area contributed by atoms with Crippen molar-refractivity contribution in [3.05, 3.63) is 83.7 Å². The second-order valence-electron chi connectivity index (χ2n) is 9.68. The van der Waals surface area contributed by atoms with Crippen molar-refractivity contribution in [2.45, 2.75) is 48.8 Å². The number of sulfonamides is 1. The summed E-state index contributed by atoms with van der Waals surface area (Å²) in [5.41, 5.74) is 1.84. The first-order valence-corrected chi connectivity index (χ1v) is 15.6. The Labute approximate surface area is 238 Å². The molecule has 5 rings (SSSR count). The molecule has 3 aromatic carbocycles. The van der Waals surface area contributed by atoms with Gasteiger partial charge in [0.2, 0.25) is 10.0 Å². The number of carbonyl (C=O) groups is 1. The highest BCUT2D eigenvalue weighted by Gasteiger charge is 2.41. The summed E-state index contributed by atoms with van der Waals surface area (Å²) in [6.07, 6.45) is 0.641. The van der Waals surface area contributed by atoms with Crippen LogP contribution in [0.2, 0.25) is 0 Å². The lowest BCUT2D eigenvalue weighted by molar-refractivity contribution is 0.0518. The summed E-state index contributed by atoms with van der Waals surface area (Å²) in [5.74, 6) is 1.01. The molecule has 0 aliphatic carbocycles. The first-order valence-electron chi connectivity index (χ1n) is 13.1. The maximum atomic E-state index is 14.0. The summed E-state index contributed by atoms with van der Waals surface area (Å²) in [4.78, 5) is 12.6. The fraction of sp³-hybridized carbons (Fsp3) is 0.345. The number of carbonyl (C=O) groups excluding carboxylic acids is 1. The summed E-state index contributed by atoms with van der Waals surface area (Å²) in [5, 5.41) is 10.1. The van der Waals surface area contributed by atoms with Crippen LogP contribution in [-0.4, -0.2) is 65.2 Å². The van der Waals surface area contributed by atoms with Crippen molar-refractivity contribution in [2.75, 3.05) is 20.3 Å². The molecular formula is C29H32N4O5S2. The van der Waals surface area contributed by atoms with Crippen LogP contribution < -0.4 is 4.74 Å². The summed E-state index contributed by atoms with van der Waals surface area (Å²) >= 11 is 1.74. The minimum absolute atomic E-state index is 0.0793. The maximum absolute atomic E-state index is 14.0. The van der Waals surface area contributed by atoms with Crippen molar-refractivity contribution in [1.82, 2.24) is 19.3 Å². The van der Waals surface area contributed by atoms with Gasteiger partial charge in [0, 0.05) is 23.6 Å². The minimum Gasteiger partial charge on any atom is -0.497 e. The molecule has 0 amide bonds. The molecule has 1 aliphatic heterocycles. The summed E-state index contributed by atoms with van der Waals surface area (Å²) in [6, 6.07) is 20.5. The smallest absolute Gasteiger partial charge is 0.360 e. The molecule has 4 aromatic rings. The molecule has 1 fully saturated rings. The Hall–Kier alpha value is -3.41. The zero-order valence-electron chi connectivity index (χ0n) is 22.7. The summed E-state index contributed by atoms with van der Waals surface area (Å²) in [7, 11) is -2.17. The van der Waals surface area contributed by atoms with E-state index in [-0.39, 0.29) is 35.0 Å². The average Bonchev–Trinajstić information content (AvgIpc) is 3.55. The minimum atomic E-state index is -3.80. The van der Waals surface area contributed by atoms with Gasteiger partial charge in [-0.05, 0) is 60.9 Å². The number of hydrogen-bond donors (Lipinski definition) is 0. The molecule has 0 spiro atoms. The fourth-order valence-electron chi connectivity index (χ4n) is 4.95. The van der Waals surface area contributed by atoms with Gasteiger partial charge in [0.1, 0.15) is 5.75 Å². The van der Waals surface area contributed by atoms with Gasteiger partial charge >= 0.3 is 5.97 Å². The molecule has 40 heavy (non-hydrogen) atoms. The van der Waals surface area contributed by atoms with Gasteiger partial charge in [-0.3, -0.25) is 0 Å². The molecule has 9 nitrogen and oxygen atoms in total. The van der Waals surface area contributed by atoms with Gasteiger partial charge in [0.25, 0.3) is 0 Å². The number of aromatic nitrogens is 3. The highest BCUT2D eigenvalue weighted by molar-refractivity contribution is 7.99. The molecule has 1 aliphatic rings. The van der Waals surface area contributed by atoms with Crippen LogP contribution in [0.5, 0.6) is 5.75 Å². The quantitative estimate of drug-likeness (QED) is 0.249. The molecule has 0 radical (unpaired) electrons. The third-order valence-electron chi connectivity index (χ3n) is 7.13. The molecule has 0 unspecified atom stereocenters. The lowest BCUT2D eigenvalue weighted by Crippen LogP contribution is -2.38. The molecular weight excluding hydrogens is 548 g/mol. The van der Waals surface area contributed by atoms with E-state index in [0.717, 1.165) is 27.8 Å². The van der Waals surface area contributed by atoms with Crippen LogP contribution in [0.1, 0.15) is 35.1 Å². The lowest BCUT2D eigenvalue weighted by Gasteiger charge is -2.24. The Kier molecular flexibility index (Phi) is 8.43. The average molecular weight is 581 g/mol. The molecule has 210 valence electrons. The predicted octanol–water partition coefficient (Wildman–Crippen LogP) is 4.69. The van der Waals surface area contributed by atoms with Gasteiger partial charge < -0.3 is 9.47 Å². The van der Waals surface area contributed by atoms with E-state index in [1.165, 1.54) is 0 Å². The Balaban J connectivity index is 1.41. The third-order valence-corrected chi connectivity index (χ3v) is 10.4. The molecule has 0 N–H and O–H groups in total. The van der Waals surface area contributed by atoms with Gasteiger partial charge in [0.15, 0.2) is 5.69 Å². The van der Waals surface area contributed by atoms with Crippen LogP contribution in [0.15, 0.2) is 71.6 Å². The van der Waals surface area contributed by atoms with Crippen LogP contribution >= 0.6 is 11.8 Å². The van der Waals surface area contributed by atoms with E-state index in [1.54, 1.807) is 53.8 Å². The second-order valence-corrected chi connectivity index (χ2v) is 12.9. The Morgan fingerprint density at radius 3 is 2.55 bits per heavy atom. The highest BCUT2D eigenvalue weighted by atomic mass is 32.2. The molecule has 1 saturated heterocycles. The molecule has 11 heteroatoms. The number of thioether (sulfide) groups is 1. The van der Waals surface area contributed by atoms with E-state index >= 15 is 0 Å². The largest absolute Gasteiger partial charge is 0.497 e. The molecule has 0 saturated carbocycles. The number of ether oxygens (including phenoxy) is 2. The van der Waals surface area contributed by atoms with Gasteiger partial charge in [0.05, 0.1) is 30.9 Å². The molecule has 2 atom stereocenters. The monoisotopic (exact) mass is 580 g/mol. The number of nitrogens with zero attached hydrogens (tertiary/aromatic N) is 4. The molecule has 1 aromatic heterocycles. The van der Waals surface area contributed by atoms with E-state index in [9.17, 15) is 13.2 Å². The molecule has 2 heterocycles. The number of benzene rings is 3. The maximum Gasteiger partial charge on any atom is 0.360 e. The van der Waals surface area contributed by atoms with Crippen LogP contribution in [0.4, 0.5) is 0 Å². The standard InChI is InChI=1S/C29H32N4O5S2/c1-4-38-29(34)28-20(2)32(31-30-28)17-24-16-26(39-19-21-9-12-25(37-3)13-10-21)18-33(24)40(35,36)27-14-11-22-7-5-6-8-23(22)15-27/h5-15,24,26H,4,16-19H2,1-3H3/t24-,26+/m0/s1. The van der Waals surface area contributed by atoms with Gasteiger partial charge in [-0.1, -0.05) is 47.7 Å². The van der Waals surface area contributed by atoms with E-state index in [2.05, 4.69) is 10.3 Å². The zero-order valence-corrected chi connectivity index (χ0v) is 24.3. The number of hydrogen-bond acceptors (Lipinski definition) is 8. The molecule has 0 bridgehead atoms. The van der Waals surface area contributed by atoms with Gasteiger partial charge in [-0.15, -0.1) is 5.10 Å². The number of esters is 1. The van der Waals surface area contributed by atoms with E-state index < -0.39 is 16.0 Å². The van der Waals surface area contributed by atoms with Crippen molar-refractivity contribution < 1.29 is 22.7 Å². The van der Waals surface area contributed by atoms with E-state index in [4.69, 9.17) is 9.47 Å². The lowest BCUT2D eigenvalue weighted by atomic mass is 10.1. The van der Waals surface area contributed by atoms with Crippen molar-refractivity contribution in [2.24, 2.45) is 0 Å². The first-order chi connectivity index (χ1) is 19.3. The van der Waals surface area contributed by atoms with Crippen molar-refractivity contribution in [3.63, 3.8) is 0 Å². The summed E-state index contributed by atoms with van der Waals surface area (Å²) in [6.45, 7) is 4.37. The normalized spacial score (nSPS) is 17.8. The number of rotatable bonds is 10. The van der Waals surface area contributed by atoms with E-state index in [1.807, 2.05) is 54.6 Å². The predicted molar refractivity (Wildman–Crippen MR) is 155 cm³/mol. The topological polar surface area (TPSA) is 104 Å². The zero-order chi connectivity index (χ0) is 28.3. The number of fused-ring (bicyclic) bond motifs is 1. The van der Waals surface area contributed by atoms with Gasteiger partial charge in [-0.25, -0.2) is 17.9 Å². The Morgan fingerprint density at radius 2 is 1.82 bits per heavy atom. The Bertz CT molecular complexity index is 1600. The SMILES string of the molecule is CCOC(=O)c1nnn(C[C@@H]2C[C@@H](SCc3ccc(OC)cc3)CN2S(=O)(=O)c2ccc3ccccc3c2)c1C. The van der Waals surface area contributed by atoms with Crippen LogP contribution in [0.3, 0.4) is 0 Å². The first kappa shape index (κ1) is 28.1.